The van der Waals surface area contributed by atoms with Crippen molar-refractivity contribution < 1.29 is 0 Å². The van der Waals surface area contributed by atoms with Crippen LogP contribution in [0, 0.1) is 53.3 Å². The van der Waals surface area contributed by atoms with Gasteiger partial charge in [-0.1, -0.05) is 0 Å². The van der Waals surface area contributed by atoms with Gasteiger partial charge >= 0.3 is 0 Å². The SMILES string of the molecule is CNC12CCC1C1C3C4C5CCC5C4C3C12. The summed E-state index contributed by atoms with van der Waals surface area (Å²) >= 11 is 0. The first-order valence-electron chi connectivity index (χ1n) is 7.57. The zero-order chi connectivity index (χ0) is 10.2. The molecule has 6 aliphatic carbocycles. The van der Waals surface area contributed by atoms with E-state index in [4.69, 9.17) is 0 Å². The molecule has 0 aliphatic heterocycles. The van der Waals surface area contributed by atoms with Crippen LogP contribution in [-0.2, 0) is 0 Å². The van der Waals surface area contributed by atoms with E-state index in [1.165, 1.54) is 47.8 Å². The Bertz CT molecular complexity index is 398. The Morgan fingerprint density at radius 2 is 1.62 bits per heavy atom. The summed E-state index contributed by atoms with van der Waals surface area (Å²) in [4.78, 5) is 0. The normalized spacial score (nSPS) is 79.7. The van der Waals surface area contributed by atoms with Gasteiger partial charge < -0.3 is 5.32 Å². The lowest BCUT2D eigenvalue weighted by Crippen LogP contribution is -2.91. The third-order valence-corrected chi connectivity index (χ3v) is 8.48. The van der Waals surface area contributed by atoms with Gasteiger partial charge in [-0.3, -0.25) is 0 Å². The smallest absolute Gasteiger partial charge is 0.0243 e. The van der Waals surface area contributed by atoms with Crippen LogP contribution in [0.1, 0.15) is 25.7 Å². The molecule has 0 aromatic carbocycles. The molecule has 6 saturated carbocycles. The molecular weight excluding hydrogens is 194 g/mol. The number of rotatable bonds is 1. The molecule has 86 valence electrons. The van der Waals surface area contributed by atoms with Crippen LogP contribution in [0.5, 0.6) is 0 Å². The molecule has 0 spiro atoms. The van der Waals surface area contributed by atoms with E-state index in [0.717, 1.165) is 11.8 Å². The first-order valence-corrected chi connectivity index (χ1v) is 7.57. The minimum absolute atomic E-state index is 0.672. The topological polar surface area (TPSA) is 12.0 Å². The van der Waals surface area contributed by atoms with Crippen molar-refractivity contribution in [3.8, 4) is 0 Å². The minimum Gasteiger partial charge on any atom is -0.314 e. The third-order valence-electron chi connectivity index (χ3n) is 8.48. The van der Waals surface area contributed by atoms with Crippen LogP contribution >= 0.6 is 0 Å². The van der Waals surface area contributed by atoms with E-state index < -0.39 is 0 Å². The number of hydrogen-bond donors (Lipinski definition) is 1. The van der Waals surface area contributed by atoms with E-state index in [-0.39, 0.29) is 0 Å². The largest absolute Gasteiger partial charge is 0.314 e. The van der Waals surface area contributed by atoms with Crippen molar-refractivity contribution in [3.05, 3.63) is 0 Å². The summed E-state index contributed by atoms with van der Waals surface area (Å²) in [6.07, 6.45) is 6.26. The van der Waals surface area contributed by atoms with Gasteiger partial charge in [0.15, 0.2) is 0 Å². The quantitative estimate of drug-likeness (QED) is 0.661. The Labute approximate surface area is 97.4 Å². The van der Waals surface area contributed by atoms with E-state index in [2.05, 4.69) is 12.4 Å². The monoisotopic (exact) mass is 215 g/mol. The minimum atomic E-state index is 0.672. The van der Waals surface area contributed by atoms with Gasteiger partial charge in [0.1, 0.15) is 0 Å². The van der Waals surface area contributed by atoms with E-state index in [1.54, 1.807) is 19.3 Å². The van der Waals surface area contributed by atoms with Crippen molar-refractivity contribution in [2.24, 2.45) is 53.3 Å². The van der Waals surface area contributed by atoms with E-state index >= 15 is 0 Å². The van der Waals surface area contributed by atoms with Crippen LogP contribution in [0.25, 0.3) is 0 Å². The number of hydrogen-bond acceptors (Lipinski definition) is 1. The molecule has 1 heteroatoms. The first-order chi connectivity index (χ1) is 7.88. The maximum atomic E-state index is 3.73. The lowest BCUT2D eigenvalue weighted by atomic mass is 9.15. The van der Waals surface area contributed by atoms with Crippen molar-refractivity contribution in [1.29, 1.82) is 0 Å². The van der Waals surface area contributed by atoms with E-state index in [0.29, 0.717) is 5.54 Å². The molecule has 0 bridgehead atoms. The summed E-state index contributed by atoms with van der Waals surface area (Å²) in [7, 11) is 2.23. The Morgan fingerprint density at radius 3 is 2.19 bits per heavy atom. The van der Waals surface area contributed by atoms with Crippen LogP contribution in [-0.4, -0.2) is 12.6 Å². The van der Waals surface area contributed by atoms with Gasteiger partial charge in [-0.2, -0.15) is 0 Å². The molecule has 0 saturated heterocycles. The molecule has 0 amide bonds. The maximum absolute atomic E-state index is 3.73. The zero-order valence-electron chi connectivity index (χ0n) is 10.0. The van der Waals surface area contributed by atoms with Gasteiger partial charge in [-0.25, -0.2) is 0 Å². The van der Waals surface area contributed by atoms with Crippen molar-refractivity contribution in [2.45, 2.75) is 31.2 Å². The summed E-state index contributed by atoms with van der Waals surface area (Å²) in [5.74, 6) is 10.8. The fraction of sp³-hybridized carbons (Fsp3) is 1.00. The zero-order valence-corrected chi connectivity index (χ0v) is 10.0. The molecular formula is C15H21N. The Hall–Kier alpha value is -0.0400. The highest BCUT2D eigenvalue weighted by Gasteiger charge is 2.86. The molecule has 10 unspecified atom stereocenters. The second-order valence-corrected chi connectivity index (χ2v) is 7.75. The summed E-state index contributed by atoms with van der Waals surface area (Å²) in [6, 6.07) is 0. The summed E-state index contributed by atoms with van der Waals surface area (Å²) in [6.45, 7) is 0. The van der Waals surface area contributed by atoms with Gasteiger partial charge in [-0.15, -0.1) is 0 Å². The standard InChI is InChI=1S/C15H21N/c1-16-15-5-4-8(15)11-12-9-6-2-3-7(6)10(9)13(12)14(11)15/h6-14,16H,2-5H2,1H3. The molecule has 0 radical (unpaired) electrons. The number of nitrogens with one attached hydrogen (secondary N) is 1. The second kappa shape index (κ2) is 2.02. The molecule has 16 heavy (non-hydrogen) atoms. The van der Waals surface area contributed by atoms with Crippen LogP contribution in [0.2, 0.25) is 0 Å². The molecule has 1 nitrogen and oxygen atoms in total. The van der Waals surface area contributed by atoms with Gasteiger partial charge in [0, 0.05) is 5.54 Å². The molecule has 1 N–H and O–H groups in total. The Morgan fingerprint density at radius 1 is 0.875 bits per heavy atom. The fourth-order valence-corrected chi connectivity index (χ4v) is 7.86. The van der Waals surface area contributed by atoms with Crippen LogP contribution in [0.15, 0.2) is 0 Å². The predicted molar refractivity (Wildman–Crippen MR) is 61.7 cm³/mol. The third kappa shape index (κ3) is 0.479. The second-order valence-electron chi connectivity index (χ2n) is 7.75. The molecule has 10 atom stereocenters. The van der Waals surface area contributed by atoms with E-state index in [1.807, 2.05) is 0 Å². The molecule has 6 fully saturated rings. The van der Waals surface area contributed by atoms with Crippen molar-refractivity contribution >= 4 is 0 Å². The van der Waals surface area contributed by atoms with Crippen LogP contribution in [0.3, 0.4) is 0 Å². The molecule has 6 rings (SSSR count). The fourth-order valence-electron chi connectivity index (χ4n) is 7.86. The molecule has 0 heterocycles. The summed E-state index contributed by atoms with van der Waals surface area (Å²) in [5.41, 5.74) is 0.672. The molecule has 0 aromatic heterocycles. The van der Waals surface area contributed by atoms with Gasteiger partial charge in [0.25, 0.3) is 0 Å². The molecule has 6 aliphatic rings. The lowest BCUT2D eigenvalue weighted by molar-refractivity contribution is -0.417. The van der Waals surface area contributed by atoms with Gasteiger partial charge in [0.05, 0.1) is 0 Å². The lowest BCUT2D eigenvalue weighted by Gasteiger charge is -2.91. The Kier molecular flexibility index (Phi) is 1.03. The highest BCUT2D eigenvalue weighted by Crippen LogP contribution is 2.88. The van der Waals surface area contributed by atoms with Gasteiger partial charge in [0.2, 0.25) is 0 Å². The Balaban J connectivity index is 1.37. The highest BCUT2D eigenvalue weighted by molar-refractivity contribution is 5.36. The average Bonchev–Trinajstić information content (AvgIpc) is 2.22. The molecule has 0 aromatic rings. The summed E-state index contributed by atoms with van der Waals surface area (Å²) < 4.78 is 0. The van der Waals surface area contributed by atoms with E-state index in [9.17, 15) is 0 Å². The average molecular weight is 215 g/mol. The predicted octanol–water partition coefficient (Wildman–Crippen LogP) is 2.13. The van der Waals surface area contributed by atoms with Crippen LogP contribution in [0.4, 0.5) is 0 Å². The highest BCUT2D eigenvalue weighted by atomic mass is 15.1. The van der Waals surface area contributed by atoms with Crippen molar-refractivity contribution in [1.82, 2.24) is 5.32 Å². The van der Waals surface area contributed by atoms with Gasteiger partial charge in [-0.05, 0) is 86.0 Å². The van der Waals surface area contributed by atoms with Crippen molar-refractivity contribution in [2.75, 3.05) is 7.05 Å². The first kappa shape index (κ1) is 8.13. The maximum Gasteiger partial charge on any atom is 0.0243 e. The van der Waals surface area contributed by atoms with Crippen molar-refractivity contribution in [3.63, 3.8) is 0 Å². The number of fused-ring (bicyclic) bond motifs is 13. The summed E-state index contributed by atoms with van der Waals surface area (Å²) in [5, 5.41) is 3.73. The van der Waals surface area contributed by atoms with Crippen LogP contribution < -0.4 is 5.32 Å².